The summed E-state index contributed by atoms with van der Waals surface area (Å²) in [6.45, 7) is 2.66. The zero-order valence-corrected chi connectivity index (χ0v) is 17.4. The van der Waals surface area contributed by atoms with Gasteiger partial charge in [-0.25, -0.2) is 4.52 Å². The molecule has 0 aliphatic rings. The van der Waals surface area contributed by atoms with Crippen LogP contribution in [0.2, 0.25) is 0 Å². The summed E-state index contributed by atoms with van der Waals surface area (Å²) in [7, 11) is 0. The molecule has 2 heterocycles. The lowest BCUT2D eigenvalue weighted by Gasteiger charge is -2.14. The molecule has 4 aromatic rings. The number of halogens is 1. The van der Waals surface area contributed by atoms with E-state index >= 15 is 0 Å². The third-order valence-electron chi connectivity index (χ3n) is 4.67. The molecule has 0 spiro atoms. The number of hydrogen-bond donors (Lipinski definition) is 1. The lowest BCUT2D eigenvalue weighted by Crippen LogP contribution is -2.24. The van der Waals surface area contributed by atoms with Gasteiger partial charge < -0.3 is 14.4 Å². The Kier molecular flexibility index (Phi) is 5.51. The third-order valence-corrected chi connectivity index (χ3v) is 5.16. The normalized spacial score (nSPS) is 12.2. The molecule has 1 N–H and O–H groups in total. The van der Waals surface area contributed by atoms with Crippen LogP contribution in [0.3, 0.4) is 0 Å². The Balaban J connectivity index is 1.61. The van der Waals surface area contributed by atoms with Crippen LogP contribution in [0.1, 0.15) is 18.6 Å². The van der Waals surface area contributed by atoms with Crippen molar-refractivity contribution in [2.45, 2.75) is 19.6 Å². The van der Waals surface area contributed by atoms with Crippen molar-refractivity contribution in [3.63, 3.8) is 0 Å². The number of benzene rings is 2. The molecule has 0 amide bonds. The molecule has 0 saturated heterocycles. The second-order valence-corrected chi connectivity index (χ2v) is 7.56. The van der Waals surface area contributed by atoms with Gasteiger partial charge in [-0.15, -0.1) is 0 Å². The van der Waals surface area contributed by atoms with E-state index in [1.54, 1.807) is 23.0 Å². The predicted molar refractivity (Wildman–Crippen MR) is 115 cm³/mol. The van der Waals surface area contributed by atoms with Crippen LogP contribution < -0.4 is 10.3 Å². The van der Waals surface area contributed by atoms with Crippen LogP contribution >= 0.6 is 15.9 Å². The van der Waals surface area contributed by atoms with E-state index in [9.17, 15) is 9.90 Å². The van der Waals surface area contributed by atoms with Crippen molar-refractivity contribution in [3.05, 3.63) is 87.4 Å². The van der Waals surface area contributed by atoms with Gasteiger partial charge in [0.2, 0.25) is 0 Å². The van der Waals surface area contributed by atoms with E-state index in [2.05, 4.69) is 21.0 Å². The van der Waals surface area contributed by atoms with E-state index in [1.807, 2.05) is 55.5 Å². The van der Waals surface area contributed by atoms with Crippen molar-refractivity contribution in [1.29, 1.82) is 0 Å². The van der Waals surface area contributed by atoms with Gasteiger partial charge in [-0.2, -0.15) is 5.10 Å². The molecule has 0 aliphatic heterocycles. The zero-order chi connectivity index (χ0) is 20.4. The average Bonchev–Trinajstić information content (AvgIpc) is 3.16. The minimum atomic E-state index is -0.807. The summed E-state index contributed by atoms with van der Waals surface area (Å²) < 4.78 is 9.44. The Morgan fingerprint density at radius 2 is 1.93 bits per heavy atom. The summed E-state index contributed by atoms with van der Waals surface area (Å²) in [6, 6.07) is 16.8. The van der Waals surface area contributed by atoms with Crippen LogP contribution in [0.4, 0.5) is 0 Å². The SMILES string of the molecule is CCOc1ccc([C@H](O)Cn2ccn3nc(-c4cccc(Br)c4)cc3c2=O)cc1. The second kappa shape index (κ2) is 8.23. The first-order valence-electron chi connectivity index (χ1n) is 9.30. The van der Waals surface area contributed by atoms with E-state index in [-0.39, 0.29) is 12.1 Å². The lowest BCUT2D eigenvalue weighted by atomic mass is 10.1. The highest BCUT2D eigenvalue weighted by Gasteiger charge is 2.13. The van der Waals surface area contributed by atoms with Crippen LogP contribution in [-0.2, 0) is 6.54 Å². The van der Waals surface area contributed by atoms with Gasteiger partial charge in [-0.1, -0.05) is 40.2 Å². The molecular weight excluding hydrogens is 434 g/mol. The molecule has 148 valence electrons. The fraction of sp³-hybridized carbons (Fsp3) is 0.182. The number of hydrogen-bond acceptors (Lipinski definition) is 4. The predicted octanol–water partition coefficient (Wildman–Crippen LogP) is 4.06. The Bertz CT molecular complexity index is 1200. The van der Waals surface area contributed by atoms with Crippen molar-refractivity contribution in [3.8, 4) is 17.0 Å². The van der Waals surface area contributed by atoms with Crippen LogP contribution in [-0.4, -0.2) is 25.9 Å². The van der Waals surface area contributed by atoms with Gasteiger partial charge in [0, 0.05) is 22.4 Å². The second-order valence-electron chi connectivity index (χ2n) is 6.64. The molecule has 2 aromatic heterocycles. The van der Waals surface area contributed by atoms with Crippen LogP contribution in [0.5, 0.6) is 5.75 Å². The van der Waals surface area contributed by atoms with E-state index in [4.69, 9.17) is 4.74 Å². The maximum atomic E-state index is 12.9. The Labute approximate surface area is 176 Å². The molecule has 2 aromatic carbocycles. The highest BCUT2D eigenvalue weighted by Crippen LogP contribution is 2.23. The highest BCUT2D eigenvalue weighted by molar-refractivity contribution is 9.10. The van der Waals surface area contributed by atoms with Crippen LogP contribution in [0.15, 0.2) is 76.3 Å². The summed E-state index contributed by atoms with van der Waals surface area (Å²) in [4.78, 5) is 12.9. The highest BCUT2D eigenvalue weighted by atomic mass is 79.9. The molecule has 7 heteroatoms. The molecule has 0 saturated carbocycles. The Hall–Kier alpha value is -2.90. The topological polar surface area (TPSA) is 68.8 Å². The fourth-order valence-corrected chi connectivity index (χ4v) is 3.60. The Morgan fingerprint density at radius 3 is 2.66 bits per heavy atom. The molecule has 0 aliphatic carbocycles. The summed E-state index contributed by atoms with van der Waals surface area (Å²) >= 11 is 3.46. The quantitative estimate of drug-likeness (QED) is 0.477. The summed E-state index contributed by atoms with van der Waals surface area (Å²) in [5.41, 5.74) is 2.62. The largest absolute Gasteiger partial charge is 0.494 e. The molecule has 0 fully saturated rings. The number of nitrogens with zero attached hydrogens (tertiary/aromatic N) is 3. The molecule has 0 bridgehead atoms. The fourth-order valence-electron chi connectivity index (χ4n) is 3.20. The van der Waals surface area contributed by atoms with E-state index in [0.717, 1.165) is 21.3 Å². The van der Waals surface area contributed by atoms with Gasteiger partial charge >= 0.3 is 0 Å². The number of rotatable bonds is 6. The summed E-state index contributed by atoms with van der Waals surface area (Å²) in [6.07, 6.45) is 2.56. The maximum Gasteiger partial charge on any atom is 0.276 e. The first-order chi connectivity index (χ1) is 14.0. The van der Waals surface area contributed by atoms with E-state index in [0.29, 0.717) is 17.8 Å². The zero-order valence-electron chi connectivity index (χ0n) is 15.8. The van der Waals surface area contributed by atoms with Crippen molar-refractivity contribution in [2.75, 3.05) is 6.61 Å². The van der Waals surface area contributed by atoms with Gasteiger partial charge in [0.25, 0.3) is 5.56 Å². The molecule has 0 radical (unpaired) electrons. The summed E-state index contributed by atoms with van der Waals surface area (Å²) in [5.74, 6) is 0.751. The van der Waals surface area contributed by atoms with E-state index in [1.165, 1.54) is 4.57 Å². The standard InChI is InChI=1S/C22H20BrN3O3/c1-2-29-18-8-6-15(7-9-18)21(27)14-25-10-11-26-20(22(25)28)13-19(24-26)16-4-3-5-17(23)12-16/h3-13,21,27H,2,14H2,1H3/t21-/m1/s1. The minimum absolute atomic E-state index is 0.153. The third kappa shape index (κ3) is 4.11. The lowest BCUT2D eigenvalue weighted by molar-refractivity contribution is 0.155. The van der Waals surface area contributed by atoms with Gasteiger partial charge in [0.1, 0.15) is 11.3 Å². The maximum absolute atomic E-state index is 12.9. The van der Waals surface area contributed by atoms with Gasteiger partial charge in [-0.05, 0) is 42.8 Å². The van der Waals surface area contributed by atoms with Gasteiger partial charge in [0.15, 0.2) is 0 Å². The van der Waals surface area contributed by atoms with Crippen molar-refractivity contribution in [2.24, 2.45) is 0 Å². The molecule has 6 nitrogen and oxygen atoms in total. The van der Waals surface area contributed by atoms with E-state index < -0.39 is 6.10 Å². The van der Waals surface area contributed by atoms with Crippen molar-refractivity contribution >= 4 is 21.4 Å². The summed E-state index contributed by atoms with van der Waals surface area (Å²) in [5, 5.41) is 15.1. The number of ether oxygens (including phenoxy) is 1. The average molecular weight is 454 g/mol. The van der Waals surface area contributed by atoms with Gasteiger partial charge in [-0.3, -0.25) is 4.79 Å². The molecule has 0 unspecified atom stereocenters. The molecule has 4 rings (SSSR count). The van der Waals surface area contributed by atoms with Crippen LogP contribution in [0.25, 0.3) is 16.8 Å². The molecule has 1 atom stereocenters. The smallest absolute Gasteiger partial charge is 0.276 e. The van der Waals surface area contributed by atoms with Gasteiger partial charge in [0.05, 0.1) is 24.9 Å². The van der Waals surface area contributed by atoms with Crippen molar-refractivity contribution in [1.82, 2.24) is 14.2 Å². The molecular formula is C22H20BrN3O3. The monoisotopic (exact) mass is 453 g/mol. The first kappa shape index (κ1) is 19.4. The van der Waals surface area contributed by atoms with Crippen LogP contribution in [0, 0.1) is 0 Å². The number of aliphatic hydroxyl groups is 1. The number of fused-ring (bicyclic) bond motifs is 1. The first-order valence-corrected chi connectivity index (χ1v) is 10.1. The minimum Gasteiger partial charge on any atom is -0.494 e. The number of aromatic nitrogens is 3. The Morgan fingerprint density at radius 1 is 1.14 bits per heavy atom. The number of aliphatic hydroxyl groups excluding tert-OH is 1. The van der Waals surface area contributed by atoms with Crippen molar-refractivity contribution < 1.29 is 9.84 Å². The molecule has 29 heavy (non-hydrogen) atoms.